The van der Waals surface area contributed by atoms with Gasteiger partial charge in [0.1, 0.15) is 0 Å². The summed E-state index contributed by atoms with van der Waals surface area (Å²) in [6.07, 6.45) is 14.3. The predicted octanol–water partition coefficient (Wildman–Crippen LogP) is 13.3. The van der Waals surface area contributed by atoms with Crippen molar-refractivity contribution < 1.29 is 9.53 Å². The van der Waals surface area contributed by atoms with Crippen molar-refractivity contribution in [3.05, 3.63) is 118 Å². The Hall–Kier alpha value is -3.37. The number of ether oxygens (including phenoxy) is 1. The Bertz CT molecular complexity index is 1410. The lowest BCUT2D eigenvalue weighted by Gasteiger charge is -2.29. The van der Waals surface area contributed by atoms with Gasteiger partial charge in [-0.1, -0.05) is 134 Å². The summed E-state index contributed by atoms with van der Waals surface area (Å²) in [4.78, 5) is 18.5. The number of hydrogen-bond acceptors (Lipinski definition) is 4. The second-order valence-electron chi connectivity index (χ2n) is 12.5. The highest BCUT2D eigenvalue weighted by Crippen LogP contribution is 2.32. The quantitative estimate of drug-likeness (QED) is 0.132. The Balaban J connectivity index is 0.000000499. The van der Waals surface area contributed by atoms with Crippen LogP contribution in [0.4, 0.5) is 0 Å². The van der Waals surface area contributed by atoms with Gasteiger partial charge < -0.3 is 9.64 Å². The molecule has 0 aliphatic heterocycles. The molecule has 0 aliphatic rings. The van der Waals surface area contributed by atoms with E-state index in [0.717, 1.165) is 36.5 Å². The standard InChI is InChI=1S/C24H30N2O2.C18H29Cl.C2H6/c1-6-8-22(7-2)26(16-14-20-11-9-18(3)10-12-20)19(4)23-17-21(13-15-25-23)24(27)28-5;1-5-8-10-15(9-6-2)17-11-16(14(4)7-3)12-18(19)13-17;1-2/h7,9-13,15,17H,4,6,8,14,16H2,1-3,5H3;11-15H,5-10H2,1-4H3;1-2H3/b22-7-;;. The molecule has 0 saturated carbocycles. The molecule has 1 heterocycles. The summed E-state index contributed by atoms with van der Waals surface area (Å²) < 4.78 is 4.83. The molecule has 0 radical (unpaired) electrons. The first-order valence-electron chi connectivity index (χ1n) is 18.6. The molecule has 0 spiro atoms. The SMILES string of the molecule is C=C(c1cc(C(=O)OC)ccn1)N(CCc1ccc(C)cc1)/C(=C\C)CCC.CC.CCCCC(CCC)c1cc(Cl)cc(C(C)CC)c1. The van der Waals surface area contributed by atoms with Crippen molar-refractivity contribution in [2.45, 2.75) is 132 Å². The zero-order chi connectivity index (χ0) is 36.8. The lowest BCUT2D eigenvalue weighted by molar-refractivity contribution is 0.0600. The Kier molecular flexibility index (Phi) is 22.0. The minimum absolute atomic E-state index is 0.373. The number of aryl methyl sites for hydroxylation is 1. The van der Waals surface area contributed by atoms with Gasteiger partial charge in [0.25, 0.3) is 0 Å². The topological polar surface area (TPSA) is 42.4 Å². The first-order chi connectivity index (χ1) is 23.6. The zero-order valence-corrected chi connectivity index (χ0v) is 33.1. The van der Waals surface area contributed by atoms with Gasteiger partial charge in [-0.2, -0.15) is 0 Å². The number of aromatic nitrogens is 1. The van der Waals surface area contributed by atoms with Crippen molar-refractivity contribution in [1.29, 1.82) is 0 Å². The first-order valence-corrected chi connectivity index (χ1v) is 19.0. The van der Waals surface area contributed by atoms with Gasteiger partial charge in [-0.05, 0) is 98.7 Å². The van der Waals surface area contributed by atoms with E-state index < -0.39 is 0 Å². The fourth-order valence-corrected chi connectivity index (χ4v) is 6.03. The monoisotopic (exact) mass is 688 g/mol. The number of carbonyl (C=O) groups excluding carboxylic acids is 1. The van der Waals surface area contributed by atoms with Gasteiger partial charge in [-0.25, -0.2) is 4.79 Å². The van der Waals surface area contributed by atoms with E-state index in [2.05, 4.69) is 113 Å². The molecule has 0 N–H and O–H groups in total. The summed E-state index contributed by atoms with van der Waals surface area (Å²) in [5, 5.41) is 0.908. The number of nitrogens with zero attached hydrogens (tertiary/aromatic N) is 2. The van der Waals surface area contributed by atoms with Crippen LogP contribution in [0.25, 0.3) is 5.70 Å². The molecule has 1 aromatic heterocycles. The third-order valence-corrected chi connectivity index (χ3v) is 9.09. The average molecular weight is 689 g/mol. The van der Waals surface area contributed by atoms with Gasteiger partial charge in [-0.15, -0.1) is 0 Å². The summed E-state index contributed by atoms with van der Waals surface area (Å²) in [5.74, 6) is 0.917. The van der Waals surface area contributed by atoms with Crippen molar-refractivity contribution in [2.75, 3.05) is 13.7 Å². The van der Waals surface area contributed by atoms with Crippen LogP contribution < -0.4 is 0 Å². The van der Waals surface area contributed by atoms with Crippen molar-refractivity contribution in [3.63, 3.8) is 0 Å². The number of halogens is 1. The van der Waals surface area contributed by atoms with Crippen LogP contribution in [-0.2, 0) is 11.2 Å². The molecule has 0 aliphatic carbocycles. The number of rotatable bonds is 17. The van der Waals surface area contributed by atoms with Crippen LogP contribution in [0, 0.1) is 6.92 Å². The van der Waals surface area contributed by atoms with E-state index in [1.165, 1.54) is 73.6 Å². The molecule has 2 atom stereocenters. The number of allylic oxidation sites excluding steroid dienone is 2. The van der Waals surface area contributed by atoms with Crippen LogP contribution in [-0.4, -0.2) is 29.5 Å². The Morgan fingerprint density at radius 2 is 1.63 bits per heavy atom. The minimum atomic E-state index is -0.373. The lowest BCUT2D eigenvalue weighted by atomic mass is 9.87. The number of carbonyl (C=O) groups is 1. The molecule has 4 nitrogen and oxygen atoms in total. The highest BCUT2D eigenvalue weighted by molar-refractivity contribution is 6.30. The van der Waals surface area contributed by atoms with E-state index in [1.54, 1.807) is 18.3 Å². The molecular formula is C44H65ClN2O2. The van der Waals surface area contributed by atoms with Crippen LogP contribution in [0.1, 0.15) is 157 Å². The lowest BCUT2D eigenvalue weighted by Crippen LogP contribution is -2.24. The Morgan fingerprint density at radius 1 is 0.959 bits per heavy atom. The summed E-state index contributed by atoms with van der Waals surface area (Å²) in [5.41, 5.74) is 8.57. The molecule has 3 aromatic rings. The second-order valence-corrected chi connectivity index (χ2v) is 13.0. The Labute approximate surface area is 305 Å². The summed E-state index contributed by atoms with van der Waals surface area (Å²) in [6.45, 7) is 24.5. The van der Waals surface area contributed by atoms with E-state index in [4.69, 9.17) is 16.3 Å². The molecule has 5 heteroatoms. The van der Waals surface area contributed by atoms with E-state index in [9.17, 15) is 4.79 Å². The molecule has 3 rings (SSSR count). The largest absolute Gasteiger partial charge is 0.465 e. The molecule has 2 unspecified atom stereocenters. The van der Waals surface area contributed by atoms with Gasteiger partial charge >= 0.3 is 5.97 Å². The maximum atomic E-state index is 11.9. The van der Waals surface area contributed by atoms with Gasteiger partial charge in [0.05, 0.1) is 24.1 Å². The van der Waals surface area contributed by atoms with E-state index in [-0.39, 0.29) is 5.97 Å². The predicted molar refractivity (Wildman–Crippen MR) is 214 cm³/mol. The molecular weight excluding hydrogens is 624 g/mol. The van der Waals surface area contributed by atoms with Crippen LogP contribution in [0.5, 0.6) is 0 Å². The van der Waals surface area contributed by atoms with Crippen LogP contribution in [0.15, 0.2) is 79.1 Å². The molecule has 49 heavy (non-hydrogen) atoms. The number of esters is 1. The molecule has 0 bridgehead atoms. The Morgan fingerprint density at radius 3 is 2.20 bits per heavy atom. The molecule has 0 fully saturated rings. The number of benzene rings is 2. The van der Waals surface area contributed by atoms with Gasteiger partial charge in [0, 0.05) is 23.5 Å². The third kappa shape index (κ3) is 15.0. The van der Waals surface area contributed by atoms with Crippen molar-refractivity contribution in [3.8, 4) is 0 Å². The van der Waals surface area contributed by atoms with Crippen LogP contribution in [0.3, 0.4) is 0 Å². The van der Waals surface area contributed by atoms with Gasteiger partial charge in [0.2, 0.25) is 0 Å². The molecule has 2 aromatic carbocycles. The third-order valence-electron chi connectivity index (χ3n) is 8.87. The van der Waals surface area contributed by atoms with E-state index in [0.29, 0.717) is 23.1 Å². The van der Waals surface area contributed by atoms with Crippen LogP contribution in [0.2, 0.25) is 5.02 Å². The van der Waals surface area contributed by atoms with Crippen molar-refractivity contribution in [1.82, 2.24) is 9.88 Å². The minimum Gasteiger partial charge on any atom is -0.465 e. The fourth-order valence-electron chi connectivity index (χ4n) is 5.78. The number of unbranched alkanes of at least 4 members (excludes halogenated alkanes) is 1. The highest BCUT2D eigenvalue weighted by atomic mass is 35.5. The summed E-state index contributed by atoms with van der Waals surface area (Å²) >= 11 is 6.33. The van der Waals surface area contributed by atoms with Crippen molar-refractivity contribution >= 4 is 23.3 Å². The fraction of sp³-hybridized carbons (Fsp3) is 0.500. The smallest absolute Gasteiger partial charge is 0.337 e. The zero-order valence-electron chi connectivity index (χ0n) is 32.4. The number of pyridine rings is 1. The average Bonchev–Trinajstić information content (AvgIpc) is 3.13. The maximum absolute atomic E-state index is 11.9. The molecule has 0 saturated heterocycles. The van der Waals surface area contributed by atoms with Crippen LogP contribution >= 0.6 is 11.6 Å². The van der Waals surface area contributed by atoms with E-state index in [1.807, 2.05) is 13.8 Å². The maximum Gasteiger partial charge on any atom is 0.337 e. The first kappa shape index (κ1) is 43.7. The molecule has 270 valence electrons. The highest BCUT2D eigenvalue weighted by Gasteiger charge is 2.17. The van der Waals surface area contributed by atoms with Gasteiger partial charge in [0.15, 0.2) is 0 Å². The normalized spacial score (nSPS) is 12.1. The number of hydrogen-bond donors (Lipinski definition) is 0. The molecule has 0 amide bonds. The summed E-state index contributed by atoms with van der Waals surface area (Å²) in [7, 11) is 1.38. The summed E-state index contributed by atoms with van der Waals surface area (Å²) in [6, 6.07) is 18.7. The van der Waals surface area contributed by atoms with Gasteiger partial charge in [-0.3, -0.25) is 4.98 Å². The second kappa shape index (κ2) is 24.7. The van der Waals surface area contributed by atoms with Crippen molar-refractivity contribution in [2.24, 2.45) is 0 Å². The van der Waals surface area contributed by atoms with E-state index >= 15 is 0 Å². The number of methoxy groups -OCH3 is 1.